The zero-order valence-corrected chi connectivity index (χ0v) is 15.3. The van der Waals surface area contributed by atoms with E-state index in [2.05, 4.69) is 15.5 Å². The van der Waals surface area contributed by atoms with Crippen LogP contribution in [0.3, 0.4) is 0 Å². The Bertz CT molecular complexity index is 625. The molecule has 1 aliphatic rings. The predicted molar refractivity (Wildman–Crippen MR) is 99.0 cm³/mol. The maximum atomic E-state index is 12.1. The first-order valence-corrected chi connectivity index (χ1v) is 8.79. The fourth-order valence-corrected chi connectivity index (χ4v) is 2.69. The van der Waals surface area contributed by atoms with E-state index in [0.717, 1.165) is 13.1 Å². The van der Waals surface area contributed by atoms with Crippen molar-refractivity contribution in [1.82, 2.24) is 9.80 Å². The zero-order chi connectivity index (χ0) is 18.9. The summed E-state index contributed by atoms with van der Waals surface area (Å²) in [7, 11) is 0. The van der Waals surface area contributed by atoms with Crippen molar-refractivity contribution in [3.63, 3.8) is 0 Å². The number of carbonyl (C=O) groups is 3. The number of benzene rings is 1. The highest BCUT2D eigenvalue weighted by Gasteiger charge is 2.21. The molecule has 0 atom stereocenters. The average molecular weight is 362 g/mol. The highest BCUT2D eigenvalue weighted by molar-refractivity contribution is 5.92. The molecule has 0 radical (unpaired) electrons. The predicted octanol–water partition coefficient (Wildman–Crippen LogP) is 1.75. The van der Waals surface area contributed by atoms with Crippen molar-refractivity contribution in [2.75, 3.05) is 50.0 Å². The van der Waals surface area contributed by atoms with Gasteiger partial charge in [-0.3, -0.25) is 14.5 Å². The van der Waals surface area contributed by atoms with Crippen LogP contribution in [0, 0.1) is 0 Å². The summed E-state index contributed by atoms with van der Waals surface area (Å²) in [6, 6.07) is 6.99. The molecule has 1 aliphatic heterocycles. The molecule has 2 rings (SSSR count). The molecular weight excluding hydrogens is 336 g/mol. The van der Waals surface area contributed by atoms with E-state index in [1.54, 1.807) is 36.1 Å². The molecule has 0 bridgehead atoms. The van der Waals surface area contributed by atoms with Gasteiger partial charge in [-0.25, -0.2) is 4.79 Å². The molecule has 1 aromatic carbocycles. The van der Waals surface area contributed by atoms with E-state index in [-0.39, 0.29) is 17.9 Å². The maximum absolute atomic E-state index is 12.1. The first kappa shape index (κ1) is 19.7. The summed E-state index contributed by atoms with van der Waals surface area (Å²) < 4.78 is 4.99. The number of carbonyl (C=O) groups excluding carboxylic acids is 3. The number of piperazine rings is 1. The number of anilines is 2. The van der Waals surface area contributed by atoms with Gasteiger partial charge in [-0.1, -0.05) is 0 Å². The Hall–Kier alpha value is -2.61. The van der Waals surface area contributed by atoms with E-state index in [1.165, 1.54) is 6.92 Å². The van der Waals surface area contributed by atoms with Gasteiger partial charge in [0, 0.05) is 57.4 Å². The van der Waals surface area contributed by atoms with Crippen LogP contribution in [0.1, 0.15) is 20.3 Å². The molecule has 8 nitrogen and oxygen atoms in total. The van der Waals surface area contributed by atoms with E-state index < -0.39 is 0 Å². The molecule has 1 fully saturated rings. The number of ether oxygens (including phenoxy) is 1. The van der Waals surface area contributed by atoms with Gasteiger partial charge in [-0.2, -0.15) is 0 Å². The molecule has 3 amide bonds. The largest absolute Gasteiger partial charge is 0.450 e. The molecule has 0 saturated carbocycles. The third-order valence-electron chi connectivity index (χ3n) is 4.04. The van der Waals surface area contributed by atoms with Gasteiger partial charge < -0.3 is 20.3 Å². The molecule has 26 heavy (non-hydrogen) atoms. The van der Waals surface area contributed by atoms with Gasteiger partial charge in [-0.15, -0.1) is 0 Å². The number of hydrogen-bond acceptors (Lipinski definition) is 5. The van der Waals surface area contributed by atoms with Crippen molar-refractivity contribution in [3.8, 4) is 0 Å². The quantitative estimate of drug-likeness (QED) is 0.804. The van der Waals surface area contributed by atoms with Crippen LogP contribution in [0.15, 0.2) is 24.3 Å². The summed E-state index contributed by atoms with van der Waals surface area (Å²) in [6.07, 6.45) is 0.111. The summed E-state index contributed by atoms with van der Waals surface area (Å²) >= 11 is 0. The van der Waals surface area contributed by atoms with Crippen LogP contribution in [0.4, 0.5) is 16.2 Å². The number of rotatable bonds is 6. The van der Waals surface area contributed by atoms with Crippen molar-refractivity contribution < 1.29 is 19.1 Å². The lowest BCUT2D eigenvalue weighted by molar-refractivity contribution is -0.116. The highest BCUT2D eigenvalue weighted by Crippen LogP contribution is 2.14. The summed E-state index contributed by atoms with van der Waals surface area (Å²) in [5.74, 6) is -0.199. The van der Waals surface area contributed by atoms with Crippen molar-refractivity contribution in [3.05, 3.63) is 24.3 Å². The van der Waals surface area contributed by atoms with Crippen LogP contribution in [-0.2, 0) is 14.3 Å². The van der Waals surface area contributed by atoms with Crippen molar-refractivity contribution in [2.45, 2.75) is 20.3 Å². The zero-order valence-electron chi connectivity index (χ0n) is 15.3. The lowest BCUT2D eigenvalue weighted by Crippen LogP contribution is -2.49. The minimum Gasteiger partial charge on any atom is -0.450 e. The van der Waals surface area contributed by atoms with Gasteiger partial charge in [0.15, 0.2) is 0 Å². The van der Waals surface area contributed by atoms with Crippen LogP contribution in [0.2, 0.25) is 0 Å². The number of nitrogens with one attached hydrogen (secondary N) is 2. The van der Waals surface area contributed by atoms with Crippen LogP contribution in [0.25, 0.3) is 0 Å². The minimum atomic E-state index is -0.271. The molecule has 142 valence electrons. The Kier molecular flexibility index (Phi) is 7.40. The second-order valence-electron chi connectivity index (χ2n) is 6.08. The van der Waals surface area contributed by atoms with Crippen LogP contribution in [-0.4, -0.2) is 67.0 Å². The second-order valence-corrected chi connectivity index (χ2v) is 6.08. The summed E-state index contributed by atoms with van der Waals surface area (Å²) in [4.78, 5) is 38.6. The number of hydrogen-bond donors (Lipinski definition) is 2. The number of amides is 3. The van der Waals surface area contributed by atoms with E-state index in [1.807, 2.05) is 0 Å². The fraction of sp³-hybridized carbons (Fsp3) is 0.500. The van der Waals surface area contributed by atoms with Gasteiger partial charge in [0.1, 0.15) is 0 Å². The Morgan fingerprint density at radius 3 is 2.12 bits per heavy atom. The maximum Gasteiger partial charge on any atom is 0.409 e. The molecule has 0 aliphatic carbocycles. The van der Waals surface area contributed by atoms with Gasteiger partial charge in [0.25, 0.3) is 0 Å². The monoisotopic (exact) mass is 362 g/mol. The highest BCUT2D eigenvalue weighted by atomic mass is 16.6. The van der Waals surface area contributed by atoms with Crippen LogP contribution >= 0.6 is 0 Å². The average Bonchev–Trinajstić information content (AvgIpc) is 2.62. The summed E-state index contributed by atoms with van der Waals surface area (Å²) in [5, 5.41) is 5.52. The molecular formula is C18H26N4O4. The van der Waals surface area contributed by atoms with Crippen LogP contribution < -0.4 is 10.6 Å². The van der Waals surface area contributed by atoms with Crippen molar-refractivity contribution >= 4 is 29.3 Å². The molecule has 0 spiro atoms. The summed E-state index contributed by atoms with van der Waals surface area (Å²) in [5.41, 5.74) is 1.38. The van der Waals surface area contributed by atoms with Crippen LogP contribution in [0.5, 0.6) is 0 Å². The van der Waals surface area contributed by atoms with Crippen molar-refractivity contribution in [2.24, 2.45) is 0 Å². The Labute approximate surface area is 153 Å². The van der Waals surface area contributed by atoms with E-state index in [9.17, 15) is 14.4 Å². The Morgan fingerprint density at radius 2 is 1.58 bits per heavy atom. The van der Waals surface area contributed by atoms with Gasteiger partial charge in [0.05, 0.1) is 6.61 Å². The van der Waals surface area contributed by atoms with E-state index in [4.69, 9.17) is 4.74 Å². The van der Waals surface area contributed by atoms with Gasteiger partial charge >= 0.3 is 6.09 Å². The SMILES string of the molecule is CCOC(=O)N1CCN(CCC(=O)Nc2ccc(NC(C)=O)cc2)CC1. The molecule has 2 N–H and O–H groups in total. The Morgan fingerprint density at radius 1 is 1.00 bits per heavy atom. The standard InChI is InChI=1S/C18H26N4O4/c1-3-26-18(25)22-12-10-21(11-13-22)9-8-17(24)20-16-6-4-15(5-7-16)19-14(2)23/h4-7H,3,8-13H2,1-2H3,(H,19,23)(H,20,24). The first-order valence-electron chi connectivity index (χ1n) is 8.79. The lowest BCUT2D eigenvalue weighted by Gasteiger charge is -2.33. The third kappa shape index (κ3) is 6.36. The van der Waals surface area contributed by atoms with Crippen molar-refractivity contribution in [1.29, 1.82) is 0 Å². The smallest absolute Gasteiger partial charge is 0.409 e. The Balaban J connectivity index is 1.69. The second kappa shape index (κ2) is 9.76. The molecule has 0 unspecified atom stereocenters. The topological polar surface area (TPSA) is 91.0 Å². The summed E-state index contributed by atoms with van der Waals surface area (Å²) in [6.45, 7) is 6.96. The van der Waals surface area contributed by atoms with E-state index in [0.29, 0.717) is 44.0 Å². The lowest BCUT2D eigenvalue weighted by atomic mass is 10.2. The first-order chi connectivity index (χ1) is 12.5. The normalized spacial score (nSPS) is 14.6. The third-order valence-corrected chi connectivity index (χ3v) is 4.04. The molecule has 1 aromatic rings. The van der Waals surface area contributed by atoms with Gasteiger partial charge in [-0.05, 0) is 31.2 Å². The van der Waals surface area contributed by atoms with E-state index >= 15 is 0 Å². The molecule has 0 aromatic heterocycles. The molecule has 8 heteroatoms. The minimum absolute atomic E-state index is 0.0647. The van der Waals surface area contributed by atoms with Gasteiger partial charge in [0.2, 0.25) is 11.8 Å². The molecule has 1 heterocycles. The molecule has 1 saturated heterocycles. The fourth-order valence-electron chi connectivity index (χ4n) is 2.69. The number of nitrogens with zero attached hydrogens (tertiary/aromatic N) is 2.